The summed E-state index contributed by atoms with van der Waals surface area (Å²) in [4.78, 5) is 147. The number of benzene rings is 2. The van der Waals surface area contributed by atoms with Crippen molar-refractivity contribution in [1.82, 2.24) is 42.5 Å². The highest BCUT2D eigenvalue weighted by Gasteiger charge is 2.36. The summed E-state index contributed by atoms with van der Waals surface area (Å²) >= 11 is 0. The highest BCUT2D eigenvalue weighted by Crippen LogP contribution is 2.16. The largest absolute Gasteiger partial charge is 0.508 e. The Kier molecular flexibility index (Phi) is 27.7. The number of aliphatic carboxylic acids is 2. The smallest absolute Gasteiger partial charge is 0.326 e. The number of primary amides is 1. The molecule has 0 saturated heterocycles. The molecule has 2 rings (SSSR count). The van der Waals surface area contributed by atoms with Gasteiger partial charge in [-0.2, -0.15) is 0 Å². The van der Waals surface area contributed by atoms with Gasteiger partial charge >= 0.3 is 11.9 Å². The van der Waals surface area contributed by atoms with Gasteiger partial charge < -0.3 is 85.3 Å². The van der Waals surface area contributed by atoms with E-state index in [2.05, 4.69) is 42.5 Å². The van der Waals surface area contributed by atoms with E-state index in [1.807, 2.05) is 0 Å². The van der Waals surface area contributed by atoms with Crippen LogP contribution in [0.2, 0.25) is 0 Å². The fourth-order valence-corrected chi connectivity index (χ4v) is 7.60. The van der Waals surface area contributed by atoms with E-state index in [0.717, 1.165) is 0 Å². The van der Waals surface area contributed by atoms with E-state index >= 15 is 0 Å². The molecule has 9 amide bonds. The van der Waals surface area contributed by atoms with Gasteiger partial charge in [0.1, 0.15) is 65.9 Å². The summed E-state index contributed by atoms with van der Waals surface area (Å²) in [6, 6.07) is -3.28. The predicted octanol–water partition coefficient (Wildman–Crippen LogP) is -2.85. The number of phenols is 2. The normalized spacial score (nSPS) is 15.4. The first-order valence-electron chi connectivity index (χ1n) is 25.4. The summed E-state index contributed by atoms with van der Waals surface area (Å²) < 4.78 is 0. The van der Waals surface area contributed by atoms with Crippen LogP contribution in [-0.4, -0.2) is 158 Å². The van der Waals surface area contributed by atoms with Crippen LogP contribution in [0.15, 0.2) is 48.5 Å². The number of carbonyl (C=O) groups excluding carboxylic acids is 9. The summed E-state index contributed by atoms with van der Waals surface area (Å²) in [6.45, 7) is 9.56. The third-order valence-corrected chi connectivity index (χ3v) is 12.3. The van der Waals surface area contributed by atoms with Gasteiger partial charge in [0, 0.05) is 12.8 Å². The van der Waals surface area contributed by atoms with E-state index in [0.29, 0.717) is 24.8 Å². The molecule has 0 fully saturated rings. The first kappa shape index (κ1) is 66.2. The van der Waals surface area contributed by atoms with Gasteiger partial charge in [0.2, 0.25) is 53.2 Å². The number of nitrogens with two attached hydrogens (primary N) is 3. The molecule has 0 bridgehead atoms. The second kappa shape index (κ2) is 32.6. The van der Waals surface area contributed by atoms with Crippen LogP contribution in [0.4, 0.5) is 0 Å². The lowest BCUT2D eigenvalue weighted by Gasteiger charge is -2.28. The molecule has 2 aromatic carbocycles. The average Bonchev–Trinajstić information content (AvgIpc) is 3.36. The van der Waals surface area contributed by atoms with E-state index in [1.165, 1.54) is 62.4 Å². The summed E-state index contributed by atoms with van der Waals surface area (Å²) in [5.41, 5.74) is 17.6. The first-order chi connectivity index (χ1) is 36.6. The summed E-state index contributed by atoms with van der Waals surface area (Å²) in [6.07, 6.45) is -2.84. The molecule has 27 heteroatoms. The molecule has 78 heavy (non-hydrogen) atoms. The highest BCUT2D eigenvalue weighted by molar-refractivity contribution is 5.99. The maximum Gasteiger partial charge on any atom is 0.326 e. The molecule has 0 heterocycles. The van der Waals surface area contributed by atoms with Gasteiger partial charge in [0.15, 0.2) is 0 Å². The molecule has 0 unspecified atom stereocenters. The Morgan fingerprint density at radius 2 is 0.949 bits per heavy atom. The summed E-state index contributed by atoms with van der Waals surface area (Å²) in [7, 11) is 0. The van der Waals surface area contributed by atoms with E-state index in [9.17, 15) is 78.3 Å². The van der Waals surface area contributed by atoms with Gasteiger partial charge in [0.05, 0.1) is 18.9 Å². The second-order valence-electron chi connectivity index (χ2n) is 19.5. The Hall–Kier alpha value is -7.91. The number of hydrogen-bond donors (Lipinski definition) is 16. The molecule has 0 spiro atoms. The number of carbonyl (C=O) groups is 11. The van der Waals surface area contributed by atoms with Crippen LogP contribution in [0.3, 0.4) is 0 Å². The van der Waals surface area contributed by atoms with Gasteiger partial charge in [-0.25, -0.2) is 4.79 Å². The van der Waals surface area contributed by atoms with Crippen LogP contribution in [0, 0.1) is 11.8 Å². The zero-order valence-corrected chi connectivity index (χ0v) is 44.6. The maximum absolute atomic E-state index is 14.3. The molecule has 432 valence electrons. The average molecular weight is 1100 g/mol. The Balaban J connectivity index is 2.53. The standard InChI is InChI=1S/C51H77N11O16/c1-7-26(4)42(62-49(75)41(54)28(6)63)50(76)55-27(5)43(69)57-37(24-40(67)68)48(74)59-35(22-30-13-17-32(65)18-14-30)46(72)60-36(23-39(53)66)47(73)58-34(21-29-11-15-31(64)16-12-29)45(71)56-33(10-8-9-19-52)44(70)61-38(51(77)78)20-25(2)3/h11-18,25-28,33-38,41-42,63-65H,7-10,19-24,52,54H2,1-6H3,(H2,53,66)(H,55,76)(H,56,71)(H,57,69)(H,58,73)(H,59,74)(H,60,72)(H,61,70)(H,62,75)(H,67,68)(H,77,78)/t26-,27-,28+,33-,34-,35-,36-,37-,38-,41-,42-/m0/s1. The Labute approximate surface area is 451 Å². The predicted molar refractivity (Wildman–Crippen MR) is 280 cm³/mol. The van der Waals surface area contributed by atoms with E-state index < -0.39 is 151 Å². The first-order valence-corrected chi connectivity index (χ1v) is 25.4. The van der Waals surface area contributed by atoms with E-state index in [4.69, 9.17) is 17.2 Å². The number of aromatic hydroxyl groups is 2. The van der Waals surface area contributed by atoms with Crippen LogP contribution in [0.5, 0.6) is 11.5 Å². The number of nitrogens with one attached hydrogen (secondary N) is 8. The minimum absolute atomic E-state index is 0.00831. The van der Waals surface area contributed by atoms with Crippen LogP contribution in [0.1, 0.15) is 97.6 Å². The molecule has 2 aromatic rings. The number of hydrogen-bond acceptors (Lipinski definition) is 16. The number of aliphatic hydroxyl groups is 1. The van der Waals surface area contributed by atoms with Gasteiger partial charge in [-0.1, -0.05) is 58.4 Å². The lowest BCUT2D eigenvalue weighted by molar-refractivity contribution is -0.143. The van der Waals surface area contributed by atoms with E-state index in [1.54, 1.807) is 27.7 Å². The lowest BCUT2D eigenvalue weighted by Crippen LogP contribution is -2.61. The number of aliphatic hydroxyl groups excluding tert-OH is 1. The van der Waals surface area contributed by atoms with Crippen molar-refractivity contribution in [3.63, 3.8) is 0 Å². The van der Waals surface area contributed by atoms with Gasteiger partial charge in [-0.3, -0.25) is 47.9 Å². The zero-order chi connectivity index (χ0) is 59.0. The fraction of sp³-hybridized carbons (Fsp3) is 0.549. The number of phenolic OH excluding ortho intramolecular Hbond substituents is 2. The van der Waals surface area contributed by atoms with Crippen LogP contribution < -0.4 is 59.7 Å². The van der Waals surface area contributed by atoms with Crippen LogP contribution in [0.25, 0.3) is 0 Å². The monoisotopic (exact) mass is 1100 g/mol. The van der Waals surface area contributed by atoms with Crippen molar-refractivity contribution in [3.05, 3.63) is 59.7 Å². The quantitative estimate of drug-likeness (QED) is 0.0314. The number of rotatable bonds is 34. The summed E-state index contributed by atoms with van der Waals surface area (Å²) in [5.74, 6) is -13.3. The third-order valence-electron chi connectivity index (χ3n) is 12.3. The minimum atomic E-state index is -1.94. The molecule has 0 saturated carbocycles. The molecule has 0 radical (unpaired) electrons. The van der Waals surface area contributed by atoms with Crippen molar-refractivity contribution in [3.8, 4) is 11.5 Å². The molecular weight excluding hydrogens is 1020 g/mol. The number of carboxylic acids is 2. The van der Waals surface area contributed by atoms with Crippen molar-refractivity contribution in [2.75, 3.05) is 6.54 Å². The topological polar surface area (TPSA) is 463 Å². The minimum Gasteiger partial charge on any atom is -0.508 e. The van der Waals surface area contributed by atoms with Crippen molar-refractivity contribution >= 4 is 65.1 Å². The molecule has 19 N–H and O–H groups in total. The van der Waals surface area contributed by atoms with Gasteiger partial charge in [0.25, 0.3) is 0 Å². The van der Waals surface area contributed by atoms with E-state index in [-0.39, 0.29) is 48.8 Å². The van der Waals surface area contributed by atoms with Crippen molar-refractivity contribution in [2.24, 2.45) is 29.0 Å². The molecule has 0 aliphatic carbocycles. The fourth-order valence-electron chi connectivity index (χ4n) is 7.60. The zero-order valence-electron chi connectivity index (χ0n) is 44.6. The SMILES string of the molecule is CC[C@H](C)[C@H](NC(=O)[C@@H](N)[C@@H](C)O)C(=O)N[C@@H](C)C(=O)N[C@@H](CC(=O)O)C(=O)N[C@@H](Cc1ccc(O)cc1)C(=O)N[C@@H](CC(N)=O)C(=O)N[C@@H](Cc1ccc(O)cc1)C(=O)N[C@@H](CCCCN)C(=O)N[C@@H](CC(C)C)C(=O)O. The Morgan fingerprint density at radius 3 is 1.37 bits per heavy atom. The number of carboxylic acid groups (broad SMARTS) is 2. The Morgan fingerprint density at radius 1 is 0.526 bits per heavy atom. The number of amides is 9. The summed E-state index contributed by atoms with van der Waals surface area (Å²) in [5, 5.41) is 68.6. The molecule has 27 nitrogen and oxygen atoms in total. The van der Waals surface area contributed by atoms with Crippen molar-refractivity contribution < 1.29 is 78.3 Å². The van der Waals surface area contributed by atoms with Crippen molar-refractivity contribution in [2.45, 2.75) is 160 Å². The maximum atomic E-state index is 14.3. The van der Waals surface area contributed by atoms with Gasteiger partial charge in [-0.05, 0) is 93.3 Å². The van der Waals surface area contributed by atoms with Crippen LogP contribution >= 0.6 is 0 Å². The molecular formula is C51H77N11O16. The second-order valence-corrected chi connectivity index (χ2v) is 19.5. The number of unbranched alkanes of at least 4 members (excludes halogenated alkanes) is 1. The molecule has 0 aromatic heterocycles. The third kappa shape index (κ3) is 23.1. The lowest BCUT2D eigenvalue weighted by atomic mass is 9.97. The molecule has 0 aliphatic rings. The van der Waals surface area contributed by atoms with Crippen molar-refractivity contribution in [1.29, 1.82) is 0 Å². The van der Waals surface area contributed by atoms with Gasteiger partial charge in [-0.15, -0.1) is 0 Å². The Bertz CT molecular complexity index is 2390. The van der Waals surface area contributed by atoms with Crippen LogP contribution in [-0.2, 0) is 65.6 Å². The molecule has 0 aliphatic heterocycles. The highest BCUT2D eigenvalue weighted by atomic mass is 16.4. The molecule has 11 atom stereocenters.